The molecule has 0 atom stereocenters. The number of fused-ring (bicyclic) bond motifs is 1. The van der Waals surface area contributed by atoms with Gasteiger partial charge in [0.15, 0.2) is 6.61 Å². The number of nitrogens with zero attached hydrogens (tertiary/aromatic N) is 1. The van der Waals surface area contributed by atoms with E-state index in [2.05, 4.69) is 0 Å². The molecule has 0 saturated heterocycles. The number of ether oxygens (including phenoxy) is 1. The van der Waals surface area contributed by atoms with Crippen LogP contribution in [0.2, 0.25) is 0 Å². The number of carbonyl (C=O) groups is 1. The van der Waals surface area contributed by atoms with Gasteiger partial charge in [0.25, 0.3) is 5.91 Å². The number of nitrogens with two attached hydrogens (primary N) is 1. The van der Waals surface area contributed by atoms with Gasteiger partial charge in [0, 0.05) is 11.8 Å². The molecular weight excluding hydrogens is 278 g/mol. The summed E-state index contributed by atoms with van der Waals surface area (Å²) >= 11 is 0. The van der Waals surface area contributed by atoms with Crippen molar-refractivity contribution in [3.8, 4) is 5.75 Å². The van der Waals surface area contributed by atoms with E-state index < -0.39 is 11.6 Å². The zero-order valence-corrected chi connectivity index (χ0v) is 11.0. The third-order valence-corrected chi connectivity index (χ3v) is 3.19. The van der Waals surface area contributed by atoms with Crippen molar-refractivity contribution < 1.29 is 18.3 Å². The van der Waals surface area contributed by atoms with Gasteiger partial charge in [-0.05, 0) is 35.9 Å². The van der Waals surface area contributed by atoms with E-state index in [4.69, 9.17) is 10.5 Å². The molecule has 21 heavy (non-hydrogen) atoms. The highest BCUT2D eigenvalue weighted by Crippen LogP contribution is 2.34. The minimum Gasteiger partial charge on any atom is -0.482 e. The topological polar surface area (TPSA) is 55.6 Å². The van der Waals surface area contributed by atoms with E-state index in [0.717, 1.165) is 6.07 Å². The maximum atomic E-state index is 13.3. The number of amides is 1. The second-order valence-electron chi connectivity index (χ2n) is 4.77. The first-order valence-electron chi connectivity index (χ1n) is 6.30. The SMILES string of the molecule is Nc1ccc2c(c1)N(Cc1cc(F)cc(F)c1)C(=O)CO2. The van der Waals surface area contributed by atoms with Gasteiger partial charge in [-0.3, -0.25) is 4.79 Å². The zero-order valence-electron chi connectivity index (χ0n) is 11.0. The summed E-state index contributed by atoms with van der Waals surface area (Å²) in [7, 11) is 0. The van der Waals surface area contributed by atoms with Gasteiger partial charge in [-0.1, -0.05) is 0 Å². The minimum absolute atomic E-state index is 0.0489. The van der Waals surface area contributed by atoms with Crippen molar-refractivity contribution in [2.24, 2.45) is 0 Å². The highest BCUT2D eigenvalue weighted by molar-refractivity contribution is 5.98. The Morgan fingerprint density at radius 1 is 1.14 bits per heavy atom. The van der Waals surface area contributed by atoms with Gasteiger partial charge in [0.05, 0.1) is 12.2 Å². The van der Waals surface area contributed by atoms with Crippen LogP contribution in [0.15, 0.2) is 36.4 Å². The molecule has 0 radical (unpaired) electrons. The molecule has 2 aromatic rings. The molecule has 1 aliphatic heterocycles. The molecule has 2 N–H and O–H groups in total. The number of benzene rings is 2. The van der Waals surface area contributed by atoms with Gasteiger partial charge < -0.3 is 15.4 Å². The number of rotatable bonds is 2. The molecule has 0 aliphatic carbocycles. The molecule has 3 rings (SSSR count). The Labute approximate surface area is 119 Å². The van der Waals surface area contributed by atoms with Crippen LogP contribution in [0, 0.1) is 11.6 Å². The molecule has 0 fully saturated rings. The second kappa shape index (κ2) is 5.05. The number of anilines is 2. The van der Waals surface area contributed by atoms with Crippen LogP contribution < -0.4 is 15.4 Å². The van der Waals surface area contributed by atoms with Crippen molar-refractivity contribution in [3.05, 3.63) is 53.6 Å². The van der Waals surface area contributed by atoms with Gasteiger partial charge in [-0.15, -0.1) is 0 Å². The first-order valence-corrected chi connectivity index (χ1v) is 6.30. The van der Waals surface area contributed by atoms with Crippen LogP contribution in [0.4, 0.5) is 20.2 Å². The maximum Gasteiger partial charge on any atom is 0.265 e. The smallest absolute Gasteiger partial charge is 0.265 e. The van der Waals surface area contributed by atoms with Gasteiger partial charge in [0.2, 0.25) is 0 Å². The van der Waals surface area contributed by atoms with Gasteiger partial charge in [-0.2, -0.15) is 0 Å². The minimum atomic E-state index is -0.682. The van der Waals surface area contributed by atoms with Crippen LogP contribution in [-0.2, 0) is 11.3 Å². The fourth-order valence-electron chi connectivity index (χ4n) is 2.28. The summed E-state index contributed by atoms with van der Waals surface area (Å²) < 4.78 is 31.8. The summed E-state index contributed by atoms with van der Waals surface area (Å²) in [5.41, 5.74) is 7.05. The van der Waals surface area contributed by atoms with Crippen molar-refractivity contribution in [1.29, 1.82) is 0 Å². The summed E-state index contributed by atoms with van der Waals surface area (Å²) in [6, 6.07) is 8.10. The lowest BCUT2D eigenvalue weighted by atomic mass is 10.1. The van der Waals surface area contributed by atoms with Crippen LogP contribution in [0.25, 0.3) is 0 Å². The quantitative estimate of drug-likeness (QED) is 0.864. The lowest BCUT2D eigenvalue weighted by Gasteiger charge is -2.29. The molecule has 2 aromatic carbocycles. The third kappa shape index (κ3) is 2.65. The third-order valence-electron chi connectivity index (χ3n) is 3.19. The predicted molar refractivity (Wildman–Crippen MR) is 73.9 cm³/mol. The van der Waals surface area contributed by atoms with Crippen molar-refractivity contribution in [2.45, 2.75) is 6.54 Å². The van der Waals surface area contributed by atoms with E-state index in [0.29, 0.717) is 22.7 Å². The van der Waals surface area contributed by atoms with Gasteiger partial charge >= 0.3 is 0 Å². The predicted octanol–water partition coefficient (Wildman–Crippen LogP) is 2.47. The summed E-state index contributed by atoms with van der Waals surface area (Å²) in [5.74, 6) is -1.14. The molecule has 4 nitrogen and oxygen atoms in total. The molecule has 6 heteroatoms. The van der Waals surface area contributed by atoms with Crippen LogP contribution >= 0.6 is 0 Å². The number of halogens is 2. The van der Waals surface area contributed by atoms with Crippen molar-refractivity contribution in [1.82, 2.24) is 0 Å². The van der Waals surface area contributed by atoms with E-state index in [9.17, 15) is 13.6 Å². The summed E-state index contributed by atoms with van der Waals surface area (Å²) in [6.07, 6.45) is 0. The van der Waals surface area contributed by atoms with Crippen LogP contribution in [-0.4, -0.2) is 12.5 Å². The standard InChI is InChI=1S/C15H12F2N2O2/c16-10-3-9(4-11(17)5-10)7-19-13-6-12(18)1-2-14(13)21-8-15(19)20/h1-6H,7-8,18H2. The first-order chi connectivity index (χ1) is 10.0. The molecule has 108 valence electrons. The van der Waals surface area contributed by atoms with Crippen molar-refractivity contribution in [3.63, 3.8) is 0 Å². The number of nitrogen functional groups attached to an aromatic ring is 1. The van der Waals surface area contributed by atoms with Gasteiger partial charge in [0.1, 0.15) is 17.4 Å². The van der Waals surface area contributed by atoms with Gasteiger partial charge in [-0.25, -0.2) is 8.78 Å². The molecule has 0 bridgehead atoms. The Bertz CT molecular complexity index is 699. The van der Waals surface area contributed by atoms with E-state index in [-0.39, 0.29) is 19.1 Å². The zero-order chi connectivity index (χ0) is 15.0. The lowest BCUT2D eigenvalue weighted by molar-refractivity contribution is -0.121. The Balaban J connectivity index is 1.98. The number of hydrogen-bond acceptors (Lipinski definition) is 3. The van der Waals surface area contributed by atoms with E-state index >= 15 is 0 Å². The van der Waals surface area contributed by atoms with E-state index in [1.165, 1.54) is 17.0 Å². The average Bonchev–Trinajstić information content (AvgIpc) is 2.41. The number of carbonyl (C=O) groups excluding carboxylic acids is 1. The summed E-state index contributed by atoms with van der Waals surface area (Å²) in [4.78, 5) is 13.4. The van der Waals surface area contributed by atoms with E-state index in [1.807, 2.05) is 0 Å². The first kappa shape index (κ1) is 13.4. The van der Waals surface area contributed by atoms with Crippen LogP contribution in [0.5, 0.6) is 5.75 Å². The molecule has 0 aromatic heterocycles. The highest BCUT2D eigenvalue weighted by atomic mass is 19.1. The fraction of sp³-hybridized carbons (Fsp3) is 0.133. The summed E-state index contributed by atoms with van der Waals surface area (Å²) in [6.45, 7) is -0.0674. The van der Waals surface area contributed by atoms with Crippen LogP contribution in [0.1, 0.15) is 5.56 Å². The molecule has 0 spiro atoms. The molecule has 0 saturated carbocycles. The number of hydrogen-bond donors (Lipinski definition) is 1. The fourth-order valence-corrected chi connectivity index (χ4v) is 2.28. The molecular formula is C15H12F2N2O2. The van der Waals surface area contributed by atoms with E-state index in [1.54, 1.807) is 18.2 Å². The molecule has 1 heterocycles. The average molecular weight is 290 g/mol. The normalized spacial score (nSPS) is 13.8. The van der Waals surface area contributed by atoms with Crippen LogP contribution in [0.3, 0.4) is 0 Å². The second-order valence-corrected chi connectivity index (χ2v) is 4.77. The maximum absolute atomic E-state index is 13.3. The highest BCUT2D eigenvalue weighted by Gasteiger charge is 2.26. The monoisotopic (exact) mass is 290 g/mol. The Hall–Kier alpha value is -2.63. The van der Waals surface area contributed by atoms with Crippen molar-refractivity contribution in [2.75, 3.05) is 17.2 Å². The lowest BCUT2D eigenvalue weighted by Crippen LogP contribution is -2.38. The largest absolute Gasteiger partial charge is 0.482 e. The van der Waals surface area contributed by atoms with Crippen molar-refractivity contribution >= 4 is 17.3 Å². The molecule has 1 aliphatic rings. The Kier molecular flexibility index (Phi) is 3.21. The Morgan fingerprint density at radius 3 is 2.57 bits per heavy atom. The summed E-state index contributed by atoms with van der Waals surface area (Å²) in [5, 5.41) is 0. The molecule has 0 unspecified atom stereocenters. The Morgan fingerprint density at radius 2 is 1.86 bits per heavy atom. The molecule has 1 amide bonds.